The van der Waals surface area contributed by atoms with Crippen molar-refractivity contribution in [3.05, 3.63) is 5.53 Å². The van der Waals surface area contributed by atoms with Crippen molar-refractivity contribution in [3.8, 4) is 0 Å². The first-order valence-electron chi connectivity index (χ1n) is 6.74. The maximum Gasteiger partial charge on any atom is 0.408 e. The van der Waals surface area contributed by atoms with Gasteiger partial charge in [-0.25, -0.2) is 4.79 Å². The maximum absolute atomic E-state index is 11.9. The van der Waals surface area contributed by atoms with E-state index in [1.165, 1.54) is 0 Å². The lowest BCUT2D eigenvalue weighted by atomic mass is 10.1. The molecule has 0 bridgehead atoms. The van der Waals surface area contributed by atoms with Crippen molar-refractivity contribution >= 4 is 18.1 Å². The number of ketones is 1. The van der Waals surface area contributed by atoms with Crippen LogP contribution in [-0.4, -0.2) is 46.2 Å². The topological polar surface area (TPSA) is 101 Å². The lowest BCUT2D eigenvalue weighted by molar-refractivity contribution is -0.125. The van der Waals surface area contributed by atoms with Crippen LogP contribution in [0.5, 0.6) is 0 Å². The highest BCUT2D eigenvalue weighted by Crippen LogP contribution is 2.14. The molecule has 0 aliphatic rings. The molecule has 21 heavy (non-hydrogen) atoms. The molecule has 2 atom stereocenters. The van der Waals surface area contributed by atoms with Crippen molar-refractivity contribution in [3.63, 3.8) is 0 Å². The summed E-state index contributed by atoms with van der Waals surface area (Å²) in [5.41, 5.74) is 7.30. The van der Waals surface area contributed by atoms with Crippen LogP contribution >= 0.6 is 0 Å². The number of ether oxygens (including phenoxy) is 2. The molecule has 0 radical (unpaired) electrons. The number of nitrogens with zero attached hydrogens (tertiary/aromatic N) is 2. The van der Waals surface area contributed by atoms with E-state index in [4.69, 9.17) is 15.0 Å². The van der Waals surface area contributed by atoms with Gasteiger partial charge in [0, 0.05) is 0 Å². The largest absolute Gasteiger partial charge is 0.444 e. The van der Waals surface area contributed by atoms with Crippen molar-refractivity contribution in [2.24, 2.45) is 0 Å². The van der Waals surface area contributed by atoms with Crippen LogP contribution < -0.4 is 5.32 Å². The molecule has 0 aromatic heterocycles. The van der Waals surface area contributed by atoms with E-state index in [1.807, 2.05) is 20.8 Å². The van der Waals surface area contributed by atoms with Gasteiger partial charge >= 0.3 is 12.3 Å². The average Bonchev–Trinajstić information content (AvgIpc) is 2.20. The molecule has 0 heterocycles. The van der Waals surface area contributed by atoms with E-state index in [1.54, 1.807) is 27.7 Å². The minimum Gasteiger partial charge on any atom is -0.444 e. The molecule has 1 unspecified atom stereocenters. The predicted octanol–water partition coefficient (Wildman–Crippen LogP) is 1.95. The van der Waals surface area contributed by atoms with Crippen LogP contribution in [0, 0.1) is 0 Å². The SMILES string of the molecule is CC(OC(C)(C)C)[C@@H](NC(=O)OC(C)(C)C)C(=O)C=[N+]=[N-]. The molecule has 0 aromatic rings. The summed E-state index contributed by atoms with van der Waals surface area (Å²) in [4.78, 5) is 26.4. The zero-order valence-corrected chi connectivity index (χ0v) is 13.8. The number of carbonyl (C=O) groups excluding carboxylic acids is 2. The molecule has 0 spiro atoms. The van der Waals surface area contributed by atoms with Crippen molar-refractivity contribution in [2.75, 3.05) is 0 Å². The van der Waals surface area contributed by atoms with Crippen molar-refractivity contribution in [2.45, 2.75) is 71.8 Å². The number of carbonyl (C=O) groups is 2. The van der Waals surface area contributed by atoms with Gasteiger partial charge in [0.05, 0.1) is 11.7 Å². The van der Waals surface area contributed by atoms with Crippen molar-refractivity contribution < 1.29 is 23.9 Å². The molecule has 1 amide bonds. The molecule has 7 nitrogen and oxygen atoms in total. The zero-order valence-electron chi connectivity index (χ0n) is 13.8. The molecule has 7 heteroatoms. The fraction of sp³-hybridized carbons (Fsp3) is 0.786. The summed E-state index contributed by atoms with van der Waals surface area (Å²) in [5.74, 6) is -0.583. The molecule has 1 N–H and O–H groups in total. The normalized spacial score (nSPS) is 14.6. The van der Waals surface area contributed by atoms with Gasteiger partial charge in [-0.1, -0.05) is 0 Å². The van der Waals surface area contributed by atoms with E-state index in [2.05, 4.69) is 10.1 Å². The van der Waals surface area contributed by atoms with Gasteiger partial charge in [-0.3, -0.25) is 4.79 Å². The minimum absolute atomic E-state index is 0.496. The summed E-state index contributed by atoms with van der Waals surface area (Å²) >= 11 is 0. The Balaban J connectivity index is 5.03. The third kappa shape index (κ3) is 8.94. The van der Waals surface area contributed by atoms with Gasteiger partial charge in [-0.05, 0) is 48.5 Å². The molecule has 0 aliphatic carbocycles. The summed E-state index contributed by atoms with van der Waals surface area (Å²) in [5, 5.41) is 2.44. The standard InChI is InChI=1S/C14H25N3O4/c1-9(20-13(2,3)4)11(10(18)8-16-15)17-12(19)21-14(5,6)7/h8-9,11H,1-7H3,(H,17,19)/t9?,11-/m1/s1. The van der Waals surface area contributed by atoms with Crippen molar-refractivity contribution in [1.29, 1.82) is 0 Å². The summed E-state index contributed by atoms with van der Waals surface area (Å²) in [7, 11) is 0. The highest BCUT2D eigenvalue weighted by Gasteiger charge is 2.32. The van der Waals surface area contributed by atoms with E-state index in [0.29, 0.717) is 0 Å². The van der Waals surface area contributed by atoms with E-state index >= 15 is 0 Å². The summed E-state index contributed by atoms with van der Waals surface area (Å²) in [6.45, 7) is 12.3. The van der Waals surface area contributed by atoms with Gasteiger partial charge < -0.3 is 20.3 Å². The molecule has 0 rings (SSSR count). The maximum atomic E-state index is 11.9. The fourth-order valence-corrected chi connectivity index (χ4v) is 1.62. The second kappa shape index (κ2) is 7.33. The Hall–Kier alpha value is -1.72. The molecule has 0 aromatic carbocycles. The predicted molar refractivity (Wildman–Crippen MR) is 78.1 cm³/mol. The lowest BCUT2D eigenvalue weighted by Crippen LogP contribution is -2.52. The van der Waals surface area contributed by atoms with Gasteiger partial charge in [-0.2, -0.15) is 4.79 Å². The van der Waals surface area contributed by atoms with Gasteiger partial charge in [0.25, 0.3) is 5.78 Å². The smallest absolute Gasteiger partial charge is 0.408 e. The van der Waals surface area contributed by atoms with Crippen LogP contribution in [-0.2, 0) is 14.3 Å². The van der Waals surface area contributed by atoms with Gasteiger partial charge in [0.2, 0.25) is 0 Å². The number of alkyl carbamates (subject to hydrolysis) is 1. The molecule has 0 aliphatic heterocycles. The Bertz CT molecular complexity index is 428. The molecule has 0 fully saturated rings. The quantitative estimate of drug-likeness (QED) is 0.476. The van der Waals surface area contributed by atoms with Gasteiger partial charge in [0.1, 0.15) is 11.6 Å². The number of nitrogens with one attached hydrogen (secondary N) is 1. The Labute approximate surface area is 125 Å². The summed E-state index contributed by atoms with van der Waals surface area (Å²) < 4.78 is 10.8. The average molecular weight is 299 g/mol. The first kappa shape index (κ1) is 19.3. The molecule has 120 valence electrons. The molecular formula is C14H25N3O4. The third-order valence-corrected chi connectivity index (χ3v) is 2.17. The number of Topliss-reactive ketones (excluding diaryl/α,β-unsaturated/α-hetero) is 1. The Morgan fingerprint density at radius 3 is 2.05 bits per heavy atom. The van der Waals surface area contributed by atoms with Gasteiger partial charge in [-0.15, -0.1) is 0 Å². The Morgan fingerprint density at radius 1 is 1.14 bits per heavy atom. The van der Waals surface area contributed by atoms with Crippen LogP contribution in [0.2, 0.25) is 0 Å². The molecule has 0 saturated heterocycles. The second-order valence-corrected chi connectivity index (χ2v) is 6.71. The van der Waals surface area contributed by atoms with Gasteiger partial charge in [0.15, 0.2) is 0 Å². The lowest BCUT2D eigenvalue weighted by Gasteiger charge is -2.30. The van der Waals surface area contributed by atoms with E-state index in [0.717, 1.165) is 6.21 Å². The molecule has 0 saturated carbocycles. The van der Waals surface area contributed by atoms with Crippen LogP contribution in [0.3, 0.4) is 0 Å². The monoisotopic (exact) mass is 299 g/mol. The zero-order chi connectivity index (χ0) is 16.8. The van der Waals surface area contributed by atoms with Crippen LogP contribution in [0.4, 0.5) is 4.79 Å². The number of hydrogen-bond donors (Lipinski definition) is 1. The Morgan fingerprint density at radius 2 is 1.67 bits per heavy atom. The first-order valence-corrected chi connectivity index (χ1v) is 6.74. The third-order valence-electron chi connectivity index (χ3n) is 2.17. The highest BCUT2D eigenvalue weighted by molar-refractivity contribution is 6.28. The first-order chi connectivity index (χ1) is 9.35. The number of amides is 1. The van der Waals surface area contributed by atoms with E-state index < -0.39 is 35.2 Å². The fourth-order valence-electron chi connectivity index (χ4n) is 1.62. The van der Waals surface area contributed by atoms with E-state index in [9.17, 15) is 9.59 Å². The number of rotatable bonds is 5. The number of hydrogen-bond acceptors (Lipinski definition) is 4. The van der Waals surface area contributed by atoms with Crippen molar-refractivity contribution in [1.82, 2.24) is 5.32 Å². The minimum atomic E-state index is -1.00. The summed E-state index contributed by atoms with van der Waals surface area (Å²) in [6, 6.07) is -1.00. The summed E-state index contributed by atoms with van der Waals surface area (Å²) in [6.07, 6.45) is -0.635. The molecular weight excluding hydrogens is 274 g/mol. The van der Waals surface area contributed by atoms with Crippen LogP contribution in [0.15, 0.2) is 0 Å². The van der Waals surface area contributed by atoms with Crippen LogP contribution in [0.25, 0.3) is 5.53 Å². The van der Waals surface area contributed by atoms with E-state index in [-0.39, 0.29) is 0 Å². The Kier molecular flexibility index (Phi) is 6.73. The second-order valence-electron chi connectivity index (χ2n) is 6.71. The van der Waals surface area contributed by atoms with Crippen LogP contribution in [0.1, 0.15) is 48.5 Å². The highest BCUT2D eigenvalue weighted by atomic mass is 16.6.